The van der Waals surface area contributed by atoms with Gasteiger partial charge in [-0.05, 0) is 70.7 Å². The Labute approximate surface area is 175 Å². The number of rotatable bonds is 11. The van der Waals surface area contributed by atoms with Crippen LogP contribution >= 0.6 is 11.3 Å². The van der Waals surface area contributed by atoms with Crippen molar-refractivity contribution in [1.82, 2.24) is 5.32 Å². The zero-order chi connectivity index (χ0) is 20.5. The number of methoxy groups -OCH3 is 2. The molecule has 3 rings (SSSR count). The van der Waals surface area contributed by atoms with Gasteiger partial charge in [0.1, 0.15) is 18.5 Å². The van der Waals surface area contributed by atoms with Crippen molar-refractivity contribution in [3.8, 4) is 28.4 Å². The number of hydrogen-bond acceptors (Lipinski definition) is 6. The average Bonchev–Trinajstić information content (AvgIpc) is 3.30. The van der Waals surface area contributed by atoms with Gasteiger partial charge >= 0.3 is 0 Å². The zero-order valence-electron chi connectivity index (χ0n) is 16.8. The second kappa shape index (κ2) is 10.9. The van der Waals surface area contributed by atoms with E-state index in [1.165, 1.54) is 5.56 Å². The summed E-state index contributed by atoms with van der Waals surface area (Å²) in [7, 11) is 3.26. The van der Waals surface area contributed by atoms with Gasteiger partial charge in [0.15, 0.2) is 11.5 Å². The normalized spacial score (nSPS) is 11.8. The van der Waals surface area contributed by atoms with Crippen molar-refractivity contribution in [1.29, 1.82) is 0 Å². The molecule has 2 N–H and O–H groups in total. The largest absolute Gasteiger partial charge is 0.493 e. The fraction of sp³-hybridized carbons (Fsp3) is 0.304. The molecule has 0 aliphatic rings. The van der Waals surface area contributed by atoms with Crippen LogP contribution < -0.4 is 19.5 Å². The van der Waals surface area contributed by atoms with Crippen LogP contribution in [0.15, 0.2) is 59.3 Å². The highest BCUT2D eigenvalue weighted by atomic mass is 32.1. The Hall–Kier alpha value is -2.54. The highest BCUT2D eigenvalue weighted by molar-refractivity contribution is 7.08. The Balaban J connectivity index is 1.36. The molecule has 0 aliphatic carbocycles. The molecule has 1 atom stereocenters. The third kappa shape index (κ3) is 6.22. The van der Waals surface area contributed by atoms with Crippen LogP contribution in [0.2, 0.25) is 0 Å². The number of aliphatic hydroxyl groups is 1. The zero-order valence-corrected chi connectivity index (χ0v) is 17.6. The van der Waals surface area contributed by atoms with E-state index in [0.717, 1.165) is 41.3 Å². The molecule has 5 nitrogen and oxygen atoms in total. The number of hydrogen-bond donors (Lipinski definition) is 2. The first kappa shape index (κ1) is 21.2. The lowest BCUT2D eigenvalue weighted by Crippen LogP contribution is -2.32. The van der Waals surface area contributed by atoms with Crippen LogP contribution in [0.5, 0.6) is 17.2 Å². The second-order valence-electron chi connectivity index (χ2n) is 6.64. The molecule has 1 aromatic heterocycles. The minimum atomic E-state index is -0.572. The van der Waals surface area contributed by atoms with Crippen molar-refractivity contribution in [3.63, 3.8) is 0 Å². The lowest BCUT2D eigenvalue weighted by molar-refractivity contribution is 0.106. The summed E-state index contributed by atoms with van der Waals surface area (Å²) in [5.74, 6) is 2.21. The van der Waals surface area contributed by atoms with E-state index in [9.17, 15) is 5.11 Å². The van der Waals surface area contributed by atoms with Gasteiger partial charge < -0.3 is 24.6 Å². The monoisotopic (exact) mass is 413 g/mol. The smallest absolute Gasteiger partial charge is 0.160 e. The van der Waals surface area contributed by atoms with Crippen LogP contribution in [0.4, 0.5) is 0 Å². The molecule has 0 saturated carbocycles. The van der Waals surface area contributed by atoms with Crippen LogP contribution in [0.25, 0.3) is 11.1 Å². The number of aliphatic hydroxyl groups excluding tert-OH is 1. The van der Waals surface area contributed by atoms with Crippen molar-refractivity contribution in [2.24, 2.45) is 0 Å². The molecule has 6 heteroatoms. The van der Waals surface area contributed by atoms with Crippen LogP contribution in [0.1, 0.15) is 5.56 Å². The van der Waals surface area contributed by atoms with Gasteiger partial charge in [0.25, 0.3) is 0 Å². The Morgan fingerprint density at radius 2 is 1.76 bits per heavy atom. The van der Waals surface area contributed by atoms with Crippen molar-refractivity contribution >= 4 is 11.3 Å². The van der Waals surface area contributed by atoms with E-state index in [-0.39, 0.29) is 6.61 Å². The summed E-state index contributed by atoms with van der Waals surface area (Å²) in [5.41, 5.74) is 3.52. The van der Waals surface area contributed by atoms with Gasteiger partial charge in [0.05, 0.1) is 14.2 Å². The number of benzene rings is 2. The van der Waals surface area contributed by atoms with Crippen molar-refractivity contribution in [2.45, 2.75) is 12.5 Å². The average molecular weight is 414 g/mol. The Kier molecular flexibility index (Phi) is 7.93. The van der Waals surface area contributed by atoms with E-state index in [1.807, 2.05) is 42.5 Å². The predicted octanol–water partition coefficient (Wildman–Crippen LogP) is 4.00. The molecule has 0 bridgehead atoms. The summed E-state index contributed by atoms with van der Waals surface area (Å²) in [6.45, 7) is 1.48. The van der Waals surface area contributed by atoms with Gasteiger partial charge in [-0.1, -0.05) is 18.2 Å². The molecular weight excluding hydrogens is 386 g/mol. The third-order valence-corrected chi connectivity index (χ3v) is 5.25. The summed E-state index contributed by atoms with van der Waals surface area (Å²) in [5, 5.41) is 17.6. The Bertz CT molecular complexity index is 865. The molecule has 3 aromatic rings. The maximum absolute atomic E-state index is 10.1. The quantitative estimate of drug-likeness (QED) is 0.465. The standard InChI is InChI=1S/C23H27NO4S/c1-26-22-8-3-17(13-23(22)27-2)9-11-24-14-20(25)15-28-21-6-4-18(5-7-21)19-10-12-29-16-19/h3-8,10,12-13,16,20,24-25H,9,11,14-15H2,1-2H3. The molecule has 29 heavy (non-hydrogen) atoms. The Morgan fingerprint density at radius 1 is 0.966 bits per heavy atom. The summed E-state index contributed by atoms with van der Waals surface area (Å²) in [4.78, 5) is 0. The molecule has 2 aromatic carbocycles. The van der Waals surface area contributed by atoms with E-state index < -0.39 is 6.10 Å². The van der Waals surface area contributed by atoms with E-state index in [1.54, 1.807) is 25.6 Å². The highest BCUT2D eigenvalue weighted by Gasteiger charge is 2.07. The molecule has 0 amide bonds. The van der Waals surface area contributed by atoms with Crippen LogP contribution in [-0.2, 0) is 6.42 Å². The van der Waals surface area contributed by atoms with E-state index in [2.05, 4.69) is 22.1 Å². The number of nitrogens with one attached hydrogen (secondary N) is 1. The Morgan fingerprint density at radius 3 is 2.45 bits per heavy atom. The molecule has 0 aliphatic heterocycles. The lowest BCUT2D eigenvalue weighted by atomic mass is 10.1. The molecular formula is C23H27NO4S. The number of thiophene rings is 1. The molecule has 154 valence electrons. The summed E-state index contributed by atoms with van der Waals surface area (Å²) in [6, 6.07) is 15.9. The van der Waals surface area contributed by atoms with Crippen LogP contribution in [0, 0.1) is 0 Å². The summed E-state index contributed by atoms with van der Waals surface area (Å²) in [6.07, 6.45) is 0.259. The second-order valence-corrected chi connectivity index (χ2v) is 7.42. The minimum Gasteiger partial charge on any atom is -0.493 e. The fourth-order valence-electron chi connectivity index (χ4n) is 2.96. The summed E-state index contributed by atoms with van der Waals surface area (Å²) < 4.78 is 16.3. The van der Waals surface area contributed by atoms with E-state index in [4.69, 9.17) is 14.2 Å². The van der Waals surface area contributed by atoms with Gasteiger partial charge in [-0.2, -0.15) is 11.3 Å². The van der Waals surface area contributed by atoms with Gasteiger partial charge in [0.2, 0.25) is 0 Å². The predicted molar refractivity (Wildman–Crippen MR) is 117 cm³/mol. The van der Waals surface area contributed by atoms with Crippen LogP contribution in [-0.4, -0.2) is 45.1 Å². The van der Waals surface area contributed by atoms with Crippen LogP contribution in [0.3, 0.4) is 0 Å². The highest BCUT2D eigenvalue weighted by Crippen LogP contribution is 2.27. The topological polar surface area (TPSA) is 60.0 Å². The first-order valence-electron chi connectivity index (χ1n) is 9.54. The van der Waals surface area contributed by atoms with E-state index in [0.29, 0.717) is 6.54 Å². The fourth-order valence-corrected chi connectivity index (χ4v) is 3.63. The third-order valence-electron chi connectivity index (χ3n) is 4.57. The van der Waals surface area contributed by atoms with Gasteiger partial charge in [0, 0.05) is 6.54 Å². The maximum Gasteiger partial charge on any atom is 0.160 e. The first-order chi connectivity index (χ1) is 14.2. The SMILES string of the molecule is COc1ccc(CCNCC(O)COc2ccc(-c3ccsc3)cc2)cc1OC. The van der Waals surface area contributed by atoms with Crippen molar-refractivity contribution < 1.29 is 19.3 Å². The minimum absolute atomic E-state index is 0.251. The molecule has 0 spiro atoms. The molecule has 0 fully saturated rings. The molecule has 1 heterocycles. The van der Waals surface area contributed by atoms with Gasteiger partial charge in [-0.15, -0.1) is 0 Å². The van der Waals surface area contributed by atoms with Crippen molar-refractivity contribution in [3.05, 3.63) is 64.9 Å². The van der Waals surface area contributed by atoms with Gasteiger partial charge in [-0.25, -0.2) is 0 Å². The van der Waals surface area contributed by atoms with Crippen molar-refractivity contribution in [2.75, 3.05) is 33.9 Å². The lowest BCUT2D eigenvalue weighted by Gasteiger charge is -2.14. The van der Waals surface area contributed by atoms with E-state index >= 15 is 0 Å². The first-order valence-corrected chi connectivity index (χ1v) is 10.5. The van der Waals surface area contributed by atoms with Gasteiger partial charge in [-0.3, -0.25) is 0 Å². The number of ether oxygens (including phenoxy) is 3. The molecule has 0 radical (unpaired) electrons. The molecule has 1 unspecified atom stereocenters. The molecule has 0 saturated heterocycles. The maximum atomic E-state index is 10.1. The summed E-state index contributed by atoms with van der Waals surface area (Å²) >= 11 is 1.68.